The molecule has 0 saturated carbocycles. The summed E-state index contributed by atoms with van der Waals surface area (Å²) in [5, 5.41) is 14.3. The first-order valence-electron chi connectivity index (χ1n) is 10.8. The molecule has 1 aliphatic rings. The SMILES string of the molecule is O=C(CC1CCN(C(=O)c2nnc(C(=O)Nc3ccc(Cl)cc3)s2)CC1)NCc1ccncc1. The fourth-order valence-corrected chi connectivity index (χ4v) is 4.46. The number of aromatic nitrogens is 3. The lowest BCUT2D eigenvalue weighted by Gasteiger charge is -2.31. The molecule has 3 heterocycles. The number of benzene rings is 1. The first kappa shape index (κ1) is 23.8. The number of carbonyl (C=O) groups is 3. The van der Waals surface area contributed by atoms with Crippen LogP contribution in [0, 0.1) is 5.92 Å². The third-order valence-corrected chi connectivity index (χ3v) is 6.68. The summed E-state index contributed by atoms with van der Waals surface area (Å²) in [6, 6.07) is 10.4. The number of hydrogen-bond donors (Lipinski definition) is 2. The van der Waals surface area contributed by atoms with Gasteiger partial charge in [-0.25, -0.2) is 0 Å². The molecule has 176 valence electrons. The fourth-order valence-electron chi connectivity index (χ4n) is 3.63. The summed E-state index contributed by atoms with van der Waals surface area (Å²) >= 11 is 6.81. The Labute approximate surface area is 205 Å². The third kappa shape index (κ3) is 6.36. The van der Waals surface area contributed by atoms with Crippen molar-refractivity contribution in [2.24, 2.45) is 5.92 Å². The molecule has 4 rings (SSSR count). The fraction of sp³-hybridized carbons (Fsp3) is 0.304. The van der Waals surface area contributed by atoms with Gasteiger partial charge < -0.3 is 15.5 Å². The molecule has 9 nitrogen and oxygen atoms in total. The molecule has 0 unspecified atom stereocenters. The lowest BCUT2D eigenvalue weighted by molar-refractivity contribution is -0.122. The smallest absolute Gasteiger partial charge is 0.286 e. The maximum Gasteiger partial charge on any atom is 0.286 e. The molecular weight excluding hydrogens is 476 g/mol. The van der Waals surface area contributed by atoms with Crippen LogP contribution in [0.4, 0.5) is 5.69 Å². The van der Waals surface area contributed by atoms with E-state index in [4.69, 9.17) is 11.6 Å². The van der Waals surface area contributed by atoms with Crippen LogP contribution in [0.1, 0.15) is 44.4 Å². The van der Waals surface area contributed by atoms with Gasteiger partial charge in [-0.05, 0) is 60.7 Å². The van der Waals surface area contributed by atoms with Crippen LogP contribution in [-0.4, -0.2) is 50.9 Å². The first-order valence-corrected chi connectivity index (χ1v) is 12.0. The van der Waals surface area contributed by atoms with Crippen LogP contribution < -0.4 is 10.6 Å². The summed E-state index contributed by atoms with van der Waals surface area (Å²) in [5.74, 6) is -0.460. The average molecular weight is 499 g/mol. The van der Waals surface area contributed by atoms with E-state index in [1.165, 1.54) is 0 Å². The number of nitrogens with zero attached hydrogens (tertiary/aromatic N) is 4. The topological polar surface area (TPSA) is 117 Å². The van der Waals surface area contributed by atoms with Crippen LogP contribution in [0.5, 0.6) is 0 Å². The van der Waals surface area contributed by atoms with Gasteiger partial charge in [-0.1, -0.05) is 22.9 Å². The molecule has 2 aromatic heterocycles. The van der Waals surface area contributed by atoms with Crippen molar-refractivity contribution in [1.29, 1.82) is 0 Å². The molecule has 1 aromatic carbocycles. The van der Waals surface area contributed by atoms with E-state index < -0.39 is 5.91 Å². The minimum Gasteiger partial charge on any atom is -0.352 e. The Bertz CT molecular complexity index is 1150. The normalized spacial score (nSPS) is 14.0. The number of rotatable bonds is 7. The van der Waals surface area contributed by atoms with Gasteiger partial charge in [0.2, 0.25) is 15.9 Å². The van der Waals surface area contributed by atoms with Gasteiger partial charge in [0, 0.05) is 49.2 Å². The summed E-state index contributed by atoms with van der Waals surface area (Å²) < 4.78 is 0. The average Bonchev–Trinajstić information content (AvgIpc) is 3.35. The Kier molecular flexibility index (Phi) is 7.81. The predicted octanol–water partition coefficient (Wildman–Crippen LogP) is 3.40. The quantitative estimate of drug-likeness (QED) is 0.515. The monoisotopic (exact) mass is 498 g/mol. The molecule has 1 fully saturated rings. The molecule has 0 radical (unpaired) electrons. The van der Waals surface area contributed by atoms with Gasteiger partial charge in [0.25, 0.3) is 11.8 Å². The zero-order valence-corrected chi connectivity index (χ0v) is 19.8. The second kappa shape index (κ2) is 11.2. The Morgan fingerprint density at radius 1 is 1.00 bits per heavy atom. The van der Waals surface area contributed by atoms with Gasteiger partial charge in [-0.15, -0.1) is 10.2 Å². The summed E-state index contributed by atoms with van der Waals surface area (Å²) in [7, 11) is 0. The number of carbonyl (C=O) groups excluding carboxylic acids is 3. The third-order valence-electron chi connectivity index (χ3n) is 5.52. The van der Waals surface area contributed by atoms with Gasteiger partial charge in [0.05, 0.1) is 0 Å². The van der Waals surface area contributed by atoms with Crippen LogP contribution in [0.2, 0.25) is 5.02 Å². The number of piperidine rings is 1. The molecule has 3 aromatic rings. The van der Waals surface area contributed by atoms with Crippen molar-refractivity contribution in [3.8, 4) is 0 Å². The van der Waals surface area contributed by atoms with E-state index in [9.17, 15) is 14.4 Å². The molecule has 0 bridgehead atoms. The van der Waals surface area contributed by atoms with Crippen molar-refractivity contribution >= 4 is 46.3 Å². The Morgan fingerprint density at radius 2 is 1.68 bits per heavy atom. The number of likely N-dealkylation sites (tertiary alicyclic amines) is 1. The van der Waals surface area contributed by atoms with Crippen molar-refractivity contribution in [3.05, 3.63) is 69.4 Å². The Hall–Kier alpha value is -3.37. The lowest BCUT2D eigenvalue weighted by atomic mass is 9.93. The van der Waals surface area contributed by atoms with Crippen molar-refractivity contribution in [1.82, 2.24) is 25.4 Å². The zero-order valence-electron chi connectivity index (χ0n) is 18.2. The Balaban J connectivity index is 1.23. The molecule has 0 spiro atoms. The lowest BCUT2D eigenvalue weighted by Crippen LogP contribution is -2.39. The highest BCUT2D eigenvalue weighted by atomic mass is 35.5. The second-order valence-electron chi connectivity index (χ2n) is 7.95. The predicted molar refractivity (Wildman–Crippen MR) is 129 cm³/mol. The van der Waals surface area contributed by atoms with Crippen molar-refractivity contribution in [2.75, 3.05) is 18.4 Å². The van der Waals surface area contributed by atoms with Crippen molar-refractivity contribution in [3.63, 3.8) is 0 Å². The van der Waals surface area contributed by atoms with E-state index in [0.717, 1.165) is 29.7 Å². The summed E-state index contributed by atoms with van der Waals surface area (Å²) in [5.41, 5.74) is 1.58. The number of halogens is 1. The summed E-state index contributed by atoms with van der Waals surface area (Å²) in [6.45, 7) is 1.55. The molecule has 1 saturated heterocycles. The minimum atomic E-state index is -0.435. The van der Waals surface area contributed by atoms with Crippen molar-refractivity contribution < 1.29 is 14.4 Å². The number of anilines is 1. The molecule has 1 aliphatic heterocycles. The number of hydrogen-bond acceptors (Lipinski definition) is 7. The van der Waals surface area contributed by atoms with Gasteiger partial charge in [0.1, 0.15) is 0 Å². The van der Waals surface area contributed by atoms with Gasteiger partial charge in [0.15, 0.2) is 0 Å². The zero-order chi connectivity index (χ0) is 23.9. The number of amides is 3. The molecule has 2 N–H and O–H groups in total. The van der Waals surface area contributed by atoms with E-state index in [-0.39, 0.29) is 27.7 Å². The highest BCUT2D eigenvalue weighted by Gasteiger charge is 2.27. The summed E-state index contributed by atoms with van der Waals surface area (Å²) in [4.78, 5) is 43.2. The number of pyridine rings is 1. The maximum atomic E-state index is 12.8. The van der Waals surface area contributed by atoms with Gasteiger partial charge >= 0.3 is 0 Å². The van der Waals surface area contributed by atoms with Gasteiger partial charge in [-0.3, -0.25) is 19.4 Å². The van der Waals surface area contributed by atoms with Gasteiger partial charge in [-0.2, -0.15) is 0 Å². The van der Waals surface area contributed by atoms with E-state index in [2.05, 4.69) is 25.8 Å². The van der Waals surface area contributed by atoms with Crippen LogP contribution in [0.15, 0.2) is 48.8 Å². The molecule has 0 atom stereocenters. The second-order valence-corrected chi connectivity index (χ2v) is 9.36. The molecule has 3 amide bonds. The van der Waals surface area contributed by atoms with Crippen LogP contribution in [0.25, 0.3) is 0 Å². The van der Waals surface area contributed by atoms with Crippen molar-refractivity contribution in [2.45, 2.75) is 25.8 Å². The molecule has 11 heteroatoms. The first-order chi connectivity index (χ1) is 16.5. The van der Waals surface area contributed by atoms with Crippen LogP contribution in [0.3, 0.4) is 0 Å². The highest BCUT2D eigenvalue weighted by molar-refractivity contribution is 7.15. The van der Waals surface area contributed by atoms with E-state index in [0.29, 0.717) is 36.8 Å². The largest absolute Gasteiger partial charge is 0.352 e. The highest BCUT2D eigenvalue weighted by Crippen LogP contribution is 2.23. The molecule has 0 aliphatic carbocycles. The number of nitrogens with one attached hydrogen (secondary N) is 2. The minimum absolute atomic E-state index is 0.00190. The van der Waals surface area contributed by atoms with E-state index in [1.807, 2.05) is 12.1 Å². The van der Waals surface area contributed by atoms with E-state index >= 15 is 0 Å². The molecular formula is C23H23ClN6O3S. The standard InChI is InChI=1S/C23H23ClN6O3S/c24-17-1-3-18(4-2-17)27-20(32)21-28-29-22(34-21)23(33)30-11-7-15(8-12-30)13-19(31)26-14-16-5-9-25-10-6-16/h1-6,9-10,15H,7-8,11-14H2,(H,26,31)(H,27,32). The maximum absolute atomic E-state index is 12.8. The Morgan fingerprint density at radius 3 is 2.38 bits per heavy atom. The van der Waals surface area contributed by atoms with Crippen LogP contribution >= 0.6 is 22.9 Å². The van der Waals surface area contributed by atoms with E-state index in [1.54, 1.807) is 41.6 Å². The van der Waals surface area contributed by atoms with Crippen LogP contribution in [-0.2, 0) is 11.3 Å². The molecule has 34 heavy (non-hydrogen) atoms. The summed E-state index contributed by atoms with van der Waals surface area (Å²) in [6.07, 6.45) is 5.29.